The topological polar surface area (TPSA) is 35.8 Å². The Morgan fingerprint density at radius 2 is 1.90 bits per heavy atom. The molecule has 102 valence electrons. The van der Waals surface area contributed by atoms with E-state index >= 15 is 0 Å². The summed E-state index contributed by atoms with van der Waals surface area (Å²) in [6.45, 7) is 3.27. The lowest BCUT2D eigenvalue weighted by Gasteiger charge is -2.17. The second-order valence-electron chi connectivity index (χ2n) is 4.68. The number of nitrogens with one attached hydrogen (secondary N) is 1. The Labute approximate surface area is 116 Å². The van der Waals surface area contributed by atoms with E-state index in [4.69, 9.17) is 5.26 Å². The van der Waals surface area contributed by atoms with Crippen LogP contribution in [0.2, 0.25) is 0 Å². The summed E-state index contributed by atoms with van der Waals surface area (Å²) in [4.78, 5) is 0. The number of anilines is 1. The van der Waals surface area contributed by atoms with E-state index in [0.29, 0.717) is 11.3 Å². The zero-order valence-corrected chi connectivity index (χ0v) is 11.2. The maximum absolute atomic E-state index is 13.9. The lowest BCUT2D eigenvalue weighted by Crippen LogP contribution is -2.09. The van der Waals surface area contributed by atoms with Gasteiger partial charge in [-0.2, -0.15) is 5.26 Å². The highest BCUT2D eigenvalue weighted by atomic mass is 19.1. The van der Waals surface area contributed by atoms with Crippen LogP contribution in [-0.4, -0.2) is 0 Å². The van der Waals surface area contributed by atoms with Crippen LogP contribution in [0.4, 0.5) is 14.5 Å². The third kappa shape index (κ3) is 2.94. The number of benzene rings is 2. The predicted molar refractivity (Wildman–Crippen MR) is 74.3 cm³/mol. The van der Waals surface area contributed by atoms with Crippen LogP contribution in [0.5, 0.6) is 0 Å². The molecule has 1 unspecified atom stereocenters. The van der Waals surface area contributed by atoms with Gasteiger partial charge in [-0.3, -0.25) is 0 Å². The molecule has 0 spiro atoms. The Morgan fingerprint density at radius 1 is 1.15 bits per heavy atom. The normalized spacial score (nSPS) is 11.8. The predicted octanol–water partition coefficient (Wildman–Crippen LogP) is 4.32. The molecule has 0 aliphatic rings. The molecule has 2 aromatic rings. The highest BCUT2D eigenvalue weighted by Gasteiger charge is 2.14. The summed E-state index contributed by atoms with van der Waals surface area (Å²) in [5.41, 5.74) is 1.75. The number of hydrogen-bond donors (Lipinski definition) is 1. The number of halogens is 2. The molecule has 2 nitrogen and oxygen atoms in total. The van der Waals surface area contributed by atoms with Gasteiger partial charge in [0.15, 0.2) is 0 Å². The first kappa shape index (κ1) is 14.0. The van der Waals surface area contributed by atoms with E-state index in [2.05, 4.69) is 5.32 Å². The van der Waals surface area contributed by atoms with Crippen molar-refractivity contribution >= 4 is 5.69 Å². The zero-order valence-electron chi connectivity index (χ0n) is 11.2. The Hall–Kier alpha value is -2.41. The molecule has 1 atom stereocenters. The third-order valence-corrected chi connectivity index (χ3v) is 3.12. The van der Waals surface area contributed by atoms with Crippen molar-refractivity contribution in [3.05, 3.63) is 64.7 Å². The van der Waals surface area contributed by atoms with Gasteiger partial charge in [0.25, 0.3) is 0 Å². The van der Waals surface area contributed by atoms with Gasteiger partial charge in [-0.1, -0.05) is 6.07 Å². The highest BCUT2D eigenvalue weighted by Crippen LogP contribution is 2.24. The van der Waals surface area contributed by atoms with Crippen molar-refractivity contribution in [2.24, 2.45) is 0 Å². The van der Waals surface area contributed by atoms with E-state index in [1.807, 2.05) is 6.07 Å². The van der Waals surface area contributed by atoms with Crippen LogP contribution >= 0.6 is 0 Å². The quantitative estimate of drug-likeness (QED) is 0.903. The fourth-order valence-electron chi connectivity index (χ4n) is 2.00. The fourth-order valence-corrected chi connectivity index (χ4v) is 2.00. The SMILES string of the molecule is Cc1cc(F)c(C(C)Nc2cccc(C#N)c2)cc1F. The second-order valence-corrected chi connectivity index (χ2v) is 4.68. The van der Waals surface area contributed by atoms with Crippen LogP contribution in [-0.2, 0) is 0 Å². The fraction of sp³-hybridized carbons (Fsp3) is 0.188. The highest BCUT2D eigenvalue weighted by molar-refractivity contribution is 5.50. The van der Waals surface area contributed by atoms with Crippen LogP contribution in [0.15, 0.2) is 36.4 Å². The second kappa shape index (κ2) is 5.70. The van der Waals surface area contributed by atoms with E-state index < -0.39 is 17.7 Å². The molecule has 0 amide bonds. The van der Waals surface area contributed by atoms with Crippen molar-refractivity contribution in [1.29, 1.82) is 5.26 Å². The van der Waals surface area contributed by atoms with E-state index in [1.165, 1.54) is 19.1 Å². The molecule has 4 heteroatoms. The van der Waals surface area contributed by atoms with Gasteiger partial charge in [-0.25, -0.2) is 8.78 Å². The van der Waals surface area contributed by atoms with E-state index in [9.17, 15) is 8.78 Å². The van der Waals surface area contributed by atoms with E-state index in [-0.39, 0.29) is 11.1 Å². The number of rotatable bonds is 3. The van der Waals surface area contributed by atoms with Crippen LogP contribution in [0.25, 0.3) is 0 Å². The van der Waals surface area contributed by atoms with Gasteiger partial charge in [0.1, 0.15) is 11.6 Å². The van der Waals surface area contributed by atoms with Crippen LogP contribution < -0.4 is 5.32 Å². The lowest BCUT2D eigenvalue weighted by atomic mass is 10.0. The molecule has 0 saturated carbocycles. The van der Waals surface area contributed by atoms with Crippen molar-refractivity contribution in [2.75, 3.05) is 5.32 Å². The minimum absolute atomic E-state index is 0.260. The molecule has 0 aromatic heterocycles. The van der Waals surface area contributed by atoms with E-state index in [0.717, 1.165) is 0 Å². The average molecular weight is 272 g/mol. The molecule has 0 saturated heterocycles. The summed E-state index contributed by atoms with van der Waals surface area (Å²) >= 11 is 0. The molecule has 0 bridgehead atoms. The molecule has 0 aliphatic carbocycles. The van der Waals surface area contributed by atoms with Gasteiger partial charge in [0, 0.05) is 11.3 Å². The number of nitrogens with zero attached hydrogens (tertiary/aromatic N) is 1. The Bertz CT molecular complexity index is 675. The molecular weight excluding hydrogens is 258 g/mol. The first-order chi connectivity index (χ1) is 9.51. The molecule has 0 aliphatic heterocycles. The summed E-state index contributed by atoms with van der Waals surface area (Å²) in [7, 11) is 0. The van der Waals surface area contributed by atoms with Crippen molar-refractivity contribution in [3.63, 3.8) is 0 Å². The Morgan fingerprint density at radius 3 is 2.60 bits per heavy atom. The molecule has 1 N–H and O–H groups in total. The number of hydrogen-bond acceptors (Lipinski definition) is 2. The van der Waals surface area contributed by atoms with Gasteiger partial charge >= 0.3 is 0 Å². The maximum Gasteiger partial charge on any atom is 0.128 e. The summed E-state index contributed by atoms with van der Waals surface area (Å²) < 4.78 is 27.4. The standard InChI is InChI=1S/C16H14F2N2/c1-10-6-16(18)14(8-15(10)17)11(2)20-13-5-3-4-12(7-13)9-19/h3-8,11,20H,1-2H3. The van der Waals surface area contributed by atoms with Gasteiger partial charge in [-0.05, 0) is 49.7 Å². The molecule has 20 heavy (non-hydrogen) atoms. The van der Waals surface area contributed by atoms with Gasteiger partial charge < -0.3 is 5.32 Å². The monoisotopic (exact) mass is 272 g/mol. The van der Waals surface area contributed by atoms with Crippen LogP contribution in [0.3, 0.4) is 0 Å². The van der Waals surface area contributed by atoms with Crippen LogP contribution in [0.1, 0.15) is 29.7 Å². The molecular formula is C16H14F2N2. The van der Waals surface area contributed by atoms with Gasteiger partial charge in [0.05, 0.1) is 17.7 Å². The summed E-state index contributed by atoms with van der Waals surface area (Å²) in [6.07, 6.45) is 0. The lowest BCUT2D eigenvalue weighted by molar-refractivity contribution is 0.571. The first-order valence-electron chi connectivity index (χ1n) is 6.23. The van der Waals surface area contributed by atoms with Crippen molar-refractivity contribution in [3.8, 4) is 6.07 Å². The summed E-state index contributed by atoms with van der Waals surface area (Å²) in [6, 6.07) is 10.9. The minimum atomic E-state index is -0.444. The van der Waals surface area contributed by atoms with Crippen LogP contribution in [0, 0.1) is 29.9 Å². The Balaban J connectivity index is 2.26. The molecule has 0 heterocycles. The van der Waals surface area contributed by atoms with Gasteiger partial charge in [0.2, 0.25) is 0 Å². The molecule has 0 radical (unpaired) electrons. The Kier molecular flexibility index (Phi) is 3.99. The largest absolute Gasteiger partial charge is 0.378 e. The summed E-state index contributed by atoms with van der Waals surface area (Å²) in [5.74, 6) is -0.874. The molecule has 2 rings (SSSR count). The van der Waals surface area contributed by atoms with Crippen molar-refractivity contribution < 1.29 is 8.78 Å². The first-order valence-corrected chi connectivity index (χ1v) is 6.23. The third-order valence-electron chi connectivity index (χ3n) is 3.12. The number of aryl methyl sites for hydroxylation is 1. The summed E-state index contributed by atoms with van der Waals surface area (Å²) in [5, 5.41) is 11.9. The van der Waals surface area contributed by atoms with E-state index in [1.54, 1.807) is 31.2 Å². The molecule has 2 aromatic carbocycles. The maximum atomic E-state index is 13.9. The van der Waals surface area contributed by atoms with Crippen molar-refractivity contribution in [1.82, 2.24) is 0 Å². The average Bonchev–Trinajstić information content (AvgIpc) is 2.43. The smallest absolute Gasteiger partial charge is 0.128 e. The number of nitriles is 1. The van der Waals surface area contributed by atoms with Gasteiger partial charge in [-0.15, -0.1) is 0 Å². The minimum Gasteiger partial charge on any atom is -0.378 e. The molecule has 0 fully saturated rings. The zero-order chi connectivity index (χ0) is 14.7. The van der Waals surface area contributed by atoms with Crippen molar-refractivity contribution in [2.45, 2.75) is 19.9 Å².